The Bertz CT molecular complexity index is 1870. The maximum Gasteiger partial charge on any atom is 0.265 e. The number of hydrogen-bond acceptors (Lipinski definition) is 7. The lowest BCUT2D eigenvalue weighted by molar-refractivity contribution is 0.0985. The number of aromatic amines is 1. The van der Waals surface area contributed by atoms with Gasteiger partial charge in [0.2, 0.25) is 0 Å². The van der Waals surface area contributed by atoms with Crippen molar-refractivity contribution in [3.63, 3.8) is 0 Å². The van der Waals surface area contributed by atoms with Crippen LogP contribution in [0.15, 0.2) is 67.0 Å². The molecule has 2 aromatic carbocycles. The largest absolute Gasteiger partial charge is 0.491 e. The number of anilines is 1. The Labute approximate surface area is 260 Å². The van der Waals surface area contributed by atoms with Crippen molar-refractivity contribution in [3.8, 4) is 28.3 Å². The van der Waals surface area contributed by atoms with Crippen molar-refractivity contribution in [2.75, 3.05) is 38.2 Å². The van der Waals surface area contributed by atoms with E-state index in [1.807, 2.05) is 49.6 Å². The van der Waals surface area contributed by atoms with Crippen molar-refractivity contribution in [2.24, 2.45) is 0 Å². The summed E-state index contributed by atoms with van der Waals surface area (Å²) < 4.78 is 21.3. The van der Waals surface area contributed by atoms with Gasteiger partial charge in [0.1, 0.15) is 29.4 Å². The molecule has 4 heterocycles. The molecule has 1 aliphatic carbocycles. The van der Waals surface area contributed by atoms with Gasteiger partial charge in [-0.15, -0.1) is 0 Å². The molecule has 4 N–H and O–H groups in total. The summed E-state index contributed by atoms with van der Waals surface area (Å²) in [6.07, 6.45) is 5.62. The average Bonchev–Trinajstić information content (AvgIpc) is 3.84. The van der Waals surface area contributed by atoms with Gasteiger partial charge in [-0.1, -0.05) is 18.2 Å². The van der Waals surface area contributed by atoms with Gasteiger partial charge < -0.3 is 30.4 Å². The maximum atomic E-state index is 15.4. The highest BCUT2D eigenvalue weighted by Gasteiger charge is 2.33. The Hall–Kier alpha value is -4.64. The van der Waals surface area contributed by atoms with E-state index < -0.39 is 11.7 Å². The summed E-state index contributed by atoms with van der Waals surface area (Å²) in [5.74, 6) is -0.439. The van der Waals surface area contributed by atoms with E-state index in [4.69, 9.17) is 4.74 Å². The van der Waals surface area contributed by atoms with E-state index in [2.05, 4.69) is 31.7 Å². The van der Waals surface area contributed by atoms with Crippen LogP contribution in [-0.4, -0.2) is 59.3 Å². The van der Waals surface area contributed by atoms with Crippen LogP contribution in [0, 0.1) is 5.82 Å². The number of likely N-dealkylation sites (N-methyl/N-ethyl adjacent to an activating group) is 1. The molecule has 1 saturated carbocycles. The minimum atomic E-state index is -0.574. The van der Waals surface area contributed by atoms with Crippen molar-refractivity contribution in [1.82, 2.24) is 25.6 Å². The van der Waals surface area contributed by atoms with Gasteiger partial charge >= 0.3 is 0 Å². The number of hydrogen-bond donors (Lipinski definition) is 4. The van der Waals surface area contributed by atoms with E-state index in [9.17, 15) is 9.90 Å². The number of aliphatic hydroxyl groups excluding tert-OH is 1. The molecule has 1 aliphatic heterocycles. The number of carbonyl (C=O) groups is 1. The van der Waals surface area contributed by atoms with E-state index in [-0.39, 0.29) is 31.1 Å². The SMILES string of the molecule is CNCCNCc1ccc(-c2cc3c(-c4cccc(N5CCOc6cc(C7CC7)cc(F)c6C5=O)c4CO)ccnc3[nH]2)nc1. The fraction of sp³-hybridized carbons (Fsp3) is 0.286. The molecule has 230 valence electrons. The van der Waals surface area contributed by atoms with Gasteiger partial charge in [-0.3, -0.25) is 9.78 Å². The number of rotatable bonds is 10. The fourth-order valence-electron chi connectivity index (χ4n) is 6.07. The number of amides is 1. The van der Waals surface area contributed by atoms with Gasteiger partial charge in [-0.2, -0.15) is 0 Å². The third-order valence-electron chi connectivity index (χ3n) is 8.56. The second-order valence-corrected chi connectivity index (χ2v) is 11.6. The Morgan fingerprint density at radius 1 is 1.09 bits per heavy atom. The summed E-state index contributed by atoms with van der Waals surface area (Å²) in [5.41, 5.74) is 6.86. The summed E-state index contributed by atoms with van der Waals surface area (Å²) in [5, 5.41) is 18.0. The molecule has 10 heteroatoms. The molecule has 0 bridgehead atoms. The summed E-state index contributed by atoms with van der Waals surface area (Å²) in [4.78, 5) is 28.0. The highest BCUT2D eigenvalue weighted by Crippen LogP contribution is 2.43. The number of aromatic nitrogens is 3. The molecule has 7 rings (SSSR count). The lowest BCUT2D eigenvalue weighted by Crippen LogP contribution is -2.33. The number of pyridine rings is 2. The van der Waals surface area contributed by atoms with Gasteiger partial charge in [0.15, 0.2) is 0 Å². The number of halogens is 1. The van der Waals surface area contributed by atoms with Crippen LogP contribution in [-0.2, 0) is 13.2 Å². The second-order valence-electron chi connectivity index (χ2n) is 11.6. The minimum absolute atomic E-state index is 0.0694. The first kappa shape index (κ1) is 29.1. The van der Waals surface area contributed by atoms with Crippen LogP contribution in [0.2, 0.25) is 0 Å². The van der Waals surface area contributed by atoms with Crippen LogP contribution in [0.1, 0.15) is 45.8 Å². The van der Waals surface area contributed by atoms with E-state index in [1.165, 1.54) is 11.0 Å². The van der Waals surface area contributed by atoms with Crippen molar-refractivity contribution >= 4 is 22.6 Å². The van der Waals surface area contributed by atoms with E-state index in [1.54, 1.807) is 12.3 Å². The molecule has 1 fully saturated rings. The number of nitrogens with one attached hydrogen (secondary N) is 3. The zero-order valence-electron chi connectivity index (χ0n) is 25.1. The first-order chi connectivity index (χ1) is 22.1. The maximum absolute atomic E-state index is 15.4. The predicted molar refractivity (Wildman–Crippen MR) is 172 cm³/mol. The van der Waals surface area contributed by atoms with Gasteiger partial charge in [0.05, 0.1) is 30.2 Å². The third-order valence-corrected chi connectivity index (χ3v) is 8.56. The Balaban J connectivity index is 1.22. The van der Waals surface area contributed by atoms with E-state index in [0.717, 1.165) is 71.5 Å². The number of fused-ring (bicyclic) bond motifs is 2. The number of carbonyl (C=O) groups excluding carboxylic acids is 1. The normalized spacial score (nSPS) is 14.8. The third kappa shape index (κ3) is 5.68. The van der Waals surface area contributed by atoms with Crippen LogP contribution in [0.4, 0.5) is 10.1 Å². The van der Waals surface area contributed by atoms with Crippen LogP contribution < -0.4 is 20.3 Å². The van der Waals surface area contributed by atoms with Gasteiger partial charge in [0.25, 0.3) is 5.91 Å². The molecule has 1 amide bonds. The molecule has 9 nitrogen and oxygen atoms in total. The highest BCUT2D eigenvalue weighted by atomic mass is 19.1. The van der Waals surface area contributed by atoms with Crippen LogP contribution in [0.3, 0.4) is 0 Å². The molecule has 0 radical (unpaired) electrons. The summed E-state index contributed by atoms with van der Waals surface area (Å²) in [6, 6.07) is 16.8. The van der Waals surface area contributed by atoms with E-state index in [0.29, 0.717) is 22.8 Å². The number of aliphatic hydroxyl groups is 1. The molecule has 0 spiro atoms. The van der Waals surface area contributed by atoms with Crippen molar-refractivity contribution < 1.29 is 19.0 Å². The van der Waals surface area contributed by atoms with E-state index >= 15 is 4.39 Å². The van der Waals surface area contributed by atoms with Gasteiger partial charge in [-0.05, 0) is 84.5 Å². The predicted octanol–water partition coefficient (Wildman–Crippen LogP) is 5.15. The quantitative estimate of drug-likeness (QED) is 0.163. The summed E-state index contributed by atoms with van der Waals surface area (Å²) in [7, 11) is 1.93. The number of nitrogens with zero attached hydrogens (tertiary/aromatic N) is 3. The summed E-state index contributed by atoms with van der Waals surface area (Å²) in [6.45, 7) is 2.61. The molecule has 2 aliphatic rings. The first-order valence-corrected chi connectivity index (χ1v) is 15.3. The standard InChI is InChI=1S/C35H35FN6O3/c1-37-11-12-38-18-21-5-8-29(40-19-21)30-17-26-25(9-10-39-34(26)41-30)24-3-2-4-31(27(24)20-43)42-13-14-45-32-16-23(22-6-7-22)15-28(36)33(32)35(42)44/h2-5,8-10,15-17,19,22,37-38,43H,6-7,11-14,18,20H2,1H3,(H,39,41). The van der Waals surface area contributed by atoms with Crippen molar-refractivity contribution in [1.29, 1.82) is 0 Å². The molecule has 0 saturated heterocycles. The van der Waals surface area contributed by atoms with Crippen LogP contribution in [0.5, 0.6) is 5.75 Å². The lowest BCUT2D eigenvalue weighted by atomic mass is 9.96. The Morgan fingerprint density at radius 2 is 1.98 bits per heavy atom. The Morgan fingerprint density at radius 3 is 2.76 bits per heavy atom. The van der Waals surface area contributed by atoms with Gasteiger partial charge in [-0.25, -0.2) is 9.37 Å². The highest BCUT2D eigenvalue weighted by molar-refractivity contribution is 6.09. The van der Waals surface area contributed by atoms with Crippen LogP contribution in [0.25, 0.3) is 33.5 Å². The van der Waals surface area contributed by atoms with Crippen molar-refractivity contribution in [3.05, 3.63) is 95.1 Å². The molecular formula is C35H35FN6O3. The fourth-order valence-corrected chi connectivity index (χ4v) is 6.07. The summed E-state index contributed by atoms with van der Waals surface area (Å²) >= 11 is 0. The molecule has 0 atom stereocenters. The Kier molecular flexibility index (Phi) is 8.01. The lowest BCUT2D eigenvalue weighted by Gasteiger charge is -2.24. The first-order valence-electron chi connectivity index (χ1n) is 15.3. The van der Waals surface area contributed by atoms with Crippen LogP contribution >= 0.6 is 0 Å². The number of ether oxygens (including phenoxy) is 1. The minimum Gasteiger partial charge on any atom is -0.491 e. The topological polar surface area (TPSA) is 115 Å². The van der Waals surface area contributed by atoms with Crippen molar-refractivity contribution in [2.45, 2.75) is 31.9 Å². The zero-order chi connectivity index (χ0) is 30.9. The smallest absolute Gasteiger partial charge is 0.265 e. The van der Waals surface area contributed by atoms with Gasteiger partial charge in [0, 0.05) is 43.0 Å². The molecule has 5 aromatic rings. The molecule has 0 unspecified atom stereocenters. The monoisotopic (exact) mass is 606 g/mol. The molecule has 45 heavy (non-hydrogen) atoms. The molecular weight excluding hydrogens is 571 g/mol. The molecule has 3 aromatic heterocycles. The zero-order valence-corrected chi connectivity index (χ0v) is 25.1. The number of benzene rings is 2. The number of H-pyrrole nitrogens is 1. The second kappa shape index (κ2) is 12.4. The average molecular weight is 607 g/mol.